The number of furan rings is 1. The number of carbonyl (C=O) groups excluding carboxylic acids is 2. The summed E-state index contributed by atoms with van der Waals surface area (Å²) >= 11 is 1.59. The number of amides is 2. The maximum Gasteiger partial charge on any atom is 0.261 e. The van der Waals surface area contributed by atoms with Gasteiger partial charge in [-0.1, -0.05) is 30.3 Å². The van der Waals surface area contributed by atoms with Gasteiger partial charge < -0.3 is 9.15 Å². The molecule has 3 heterocycles. The summed E-state index contributed by atoms with van der Waals surface area (Å²) in [5.74, 6) is 0.153. The maximum atomic E-state index is 12.7. The Hall–Kier alpha value is -3.38. The van der Waals surface area contributed by atoms with E-state index in [1.165, 1.54) is 4.90 Å². The SMILES string of the molecule is O=C1c2ccccc2C(=O)N1CCC(Oc1cccc2ccoc12)c1cccs1. The summed E-state index contributed by atoms with van der Waals surface area (Å²) < 4.78 is 11.9. The van der Waals surface area contributed by atoms with Crippen LogP contribution in [0.1, 0.15) is 38.1 Å². The lowest BCUT2D eigenvalue weighted by Gasteiger charge is -2.21. The van der Waals surface area contributed by atoms with Crippen LogP contribution >= 0.6 is 11.3 Å². The van der Waals surface area contributed by atoms with E-state index in [0.29, 0.717) is 28.9 Å². The van der Waals surface area contributed by atoms with E-state index in [-0.39, 0.29) is 24.5 Å². The van der Waals surface area contributed by atoms with Gasteiger partial charge in [0.1, 0.15) is 6.10 Å². The minimum atomic E-state index is -0.296. The number of rotatable bonds is 6. The number of thiophene rings is 1. The second-order valence-corrected chi connectivity index (χ2v) is 7.79. The van der Waals surface area contributed by atoms with Crippen molar-refractivity contribution in [2.75, 3.05) is 6.54 Å². The summed E-state index contributed by atoms with van der Waals surface area (Å²) in [5.41, 5.74) is 1.62. The molecule has 0 saturated carbocycles. The molecule has 5 rings (SSSR count). The summed E-state index contributed by atoms with van der Waals surface area (Å²) in [4.78, 5) is 27.7. The number of fused-ring (bicyclic) bond motifs is 2. The predicted molar refractivity (Wildman–Crippen MR) is 110 cm³/mol. The van der Waals surface area contributed by atoms with Crippen molar-refractivity contribution in [2.45, 2.75) is 12.5 Å². The monoisotopic (exact) mass is 403 g/mol. The number of nitrogens with zero attached hydrogens (tertiary/aromatic N) is 1. The topological polar surface area (TPSA) is 59.8 Å². The third-order valence-corrected chi connectivity index (χ3v) is 6.03. The number of benzene rings is 2. The highest BCUT2D eigenvalue weighted by atomic mass is 32.1. The van der Waals surface area contributed by atoms with Gasteiger partial charge in [0.25, 0.3) is 11.8 Å². The van der Waals surface area contributed by atoms with Crippen molar-refractivity contribution in [2.24, 2.45) is 0 Å². The Morgan fingerprint density at radius 2 is 1.72 bits per heavy atom. The molecule has 0 spiro atoms. The highest BCUT2D eigenvalue weighted by Gasteiger charge is 2.35. The first-order valence-electron chi connectivity index (χ1n) is 9.34. The molecule has 1 unspecified atom stereocenters. The van der Waals surface area contributed by atoms with Crippen molar-refractivity contribution in [3.8, 4) is 5.75 Å². The molecular weight excluding hydrogens is 386 g/mol. The molecule has 2 aromatic carbocycles. The van der Waals surface area contributed by atoms with Crippen LogP contribution < -0.4 is 4.74 Å². The van der Waals surface area contributed by atoms with Crippen molar-refractivity contribution >= 4 is 34.1 Å². The smallest absolute Gasteiger partial charge is 0.261 e. The Labute approximate surface area is 171 Å². The summed E-state index contributed by atoms with van der Waals surface area (Å²) in [6, 6.07) is 18.5. The lowest BCUT2D eigenvalue weighted by molar-refractivity contribution is 0.0630. The third-order valence-electron chi connectivity index (χ3n) is 5.07. The van der Waals surface area contributed by atoms with E-state index in [4.69, 9.17) is 9.15 Å². The van der Waals surface area contributed by atoms with Crippen LogP contribution in [0.25, 0.3) is 11.0 Å². The minimum Gasteiger partial charge on any atom is -0.481 e. The molecule has 6 heteroatoms. The quantitative estimate of drug-likeness (QED) is 0.410. The molecule has 2 aromatic heterocycles. The van der Waals surface area contributed by atoms with Gasteiger partial charge in [-0.25, -0.2) is 0 Å². The highest BCUT2D eigenvalue weighted by molar-refractivity contribution is 7.10. The molecule has 2 amide bonds. The van der Waals surface area contributed by atoms with Crippen molar-refractivity contribution in [1.82, 2.24) is 4.90 Å². The van der Waals surface area contributed by atoms with Crippen molar-refractivity contribution in [3.05, 3.63) is 88.3 Å². The van der Waals surface area contributed by atoms with Gasteiger partial charge in [-0.3, -0.25) is 14.5 Å². The predicted octanol–water partition coefficient (Wildman–Crippen LogP) is 5.30. The first kappa shape index (κ1) is 17.7. The molecule has 0 aliphatic carbocycles. The fraction of sp³-hybridized carbons (Fsp3) is 0.130. The minimum absolute atomic E-state index is 0.247. The Morgan fingerprint density at radius 3 is 2.45 bits per heavy atom. The molecule has 144 valence electrons. The van der Waals surface area contributed by atoms with Crippen LogP contribution in [0.4, 0.5) is 0 Å². The Kier molecular flexibility index (Phi) is 4.41. The van der Waals surface area contributed by atoms with Crippen LogP contribution in [0.2, 0.25) is 0 Å². The van der Waals surface area contributed by atoms with Crippen molar-refractivity contribution < 1.29 is 18.7 Å². The van der Waals surface area contributed by atoms with Gasteiger partial charge in [0, 0.05) is 23.2 Å². The lowest BCUT2D eigenvalue weighted by Crippen LogP contribution is -2.32. The molecule has 0 bridgehead atoms. The Morgan fingerprint density at radius 1 is 0.931 bits per heavy atom. The molecule has 0 N–H and O–H groups in total. The molecule has 4 aromatic rings. The van der Waals surface area contributed by atoms with E-state index in [1.807, 2.05) is 41.8 Å². The zero-order valence-corrected chi connectivity index (χ0v) is 16.2. The average Bonchev–Trinajstić information content (AvgIpc) is 3.48. The molecule has 0 saturated heterocycles. The summed E-state index contributed by atoms with van der Waals surface area (Å²) in [6.45, 7) is 0.281. The lowest BCUT2D eigenvalue weighted by atomic mass is 10.1. The zero-order chi connectivity index (χ0) is 19.8. The van der Waals surface area contributed by atoms with E-state index in [0.717, 1.165) is 10.3 Å². The van der Waals surface area contributed by atoms with Crippen LogP contribution in [0.5, 0.6) is 5.75 Å². The first-order valence-corrected chi connectivity index (χ1v) is 10.2. The van der Waals surface area contributed by atoms with Crippen LogP contribution in [0.15, 0.2) is 76.7 Å². The molecule has 29 heavy (non-hydrogen) atoms. The summed E-state index contributed by atoms with van der Waals surface area (Å²) in [5, 5.41) is 2.95. The van der Waals surface area contributed by atoms with Gasteiger partial charge in [-0.15, -0.1) is 11.3 Å². The normalized spacial score (nSPS) is 14.4. The van der Waals surface area contributed by atoms with E-state index in [1.54, 1.807) is 41.9 Å². The molecule has 0 fully saturated rings. The molecule has 1 atom stereocenters. The second kappa shape index (κ2) is 7.22. The number of imide groups is 1. The van der Waals surface area contributed by atoms with Gasteiger partial charge in [0.2, 0.25) is 0 Å². The van der Waals surface area contributed by atoms with Gasteiger partial charge >= 0.3 is 0 Å². The largest absolute Gasteiger partial charge is 0.481 e. The van der Waals surface area contributed by atoms with Crippen LogP contribution in [-0.4, -0.2) is 23.3 Å². The van der Waals surface area contributed by atoms with Gasteiger partial charge in [0.15, 0.2) is 11.3 Å². The van der Waals surface area contributed by atoms with E-state index < -0.39 is 0 Å². The molecule has 1 aliphatic heterocycles. The molecule has 1 aliphatic rings. The second-order valence-electron chi connectivity index (χ2n) is 6.81. The summed E-state index contributed by atoms with van der Waals surface area (Å²) in [7, 11) is 0. The standard InChI is InChI=1S/C23H17NO4S/c25-22-16-6-1-2-7-17(16)23(26)24(22)12-10-18(20-9-4-14-29-20)28-19-8-3-5-15-11-13-27-21(15)19/h1-9,11,13-14,18H,10,12H2. The molecule has 5 nitrogen and oxygen atoms in total. The summed E-state index contributed by atoms with van der Waals surface area (Å²) in [6.07, 6.45) is 1.83. The van der Waals surface area contributed by atoms with Crippen LogP contribution in [0, 0.1) is 0 Å². The number of ether oxygens (including phenoxy) is 1. The van der Waals surface area contributed by atoms with E-state index in [2.05, 4.69) is 0 Å². The Balaban J connectivity index is 1.39. The van der Waals surface area contributed by atoms with E-state index in [9.17, 15) is 9.59 Å². The van der Waals surface area contributed by atoms with Gasteiger partial charge in [0.05, 0.1) is 17.4 Å². The van der Waals surface area contributed by atoms with Gasteiger partial charge in [-0.05, 0) is 35.7 Å². The average molecular weight is 403 g/mol. The maximum absolute atomic E-state index is 12.7. The number of hydrogen-bond acceptors (Lipinski definition) is 5. The van der Waals surface area contributed by atoms with Crippen molar-refractivity contribution in [3.63, 3.8) is 0 Å². The zero-order valence-electron chi connectivity index (χ0n) is 15.4. The first-order chi connectivity index (χ1) is 14.2. The molecular formula is C23H17NO4S. The van der Waals surface area contributed by atoms with Crippen molar-refractivity contribution in [1.29, 1.82) is 0 Å². The fourth-order valence-corrected chi connectivity index (χ4v) is 4.42. The Bertz CT molecular complexity index is 1160. The third kappa shape index (κ3) is 3.11. The van der Waals surface area contributed by atoms with E-state index >= 15 is 0 Å². The highest BCUT2D eigenvalue weighted by Crippen LogP contribution is 2.34. The number of para-hydroxylation sites is 1. The number of hydrogen-bond donors (Lipinski definition) is 0. The number of carbonyl (C=O) groups is 2. The van der Waals surface area contributed by atoms with Crippen LogP contribution in [-0.2, 0) is 0 Å². The van der Waals surface area contributed by atoms with Crippen LogP contribution in [0.3, 0.4) is 0 Å². The fourth-order valence-electron chi connectivity index (χ4n) is 3.63. The van der Waals surface area contributed by atoms with Gasteiger partial charge in [-0.2, -0.15) is 0 Å². The molecule has 0 radical (unpaired) electrons.